The molecule has 28 heavy (non-hydrogen) atoms. The molecule has 0 bridgehead atoms. The normalized spacial score (nSPS) is 16.6. The van der Waals surface area contributed by atoms with E-state index in [1.165, 1.54) is 5.56 Å². The molecule has 2 aromatic carbocycles. The average molecular weight is 377 g/mol. The van der Waals surface area contributed by atoms with Crippen LogP contribution in [0, 0.1) is 13.8 Å². The lowest BCUT2D eigenvalue weighted by Gasteiger charge is -2.19. The van der Waals surface area contributed by atoms with Gasteiger partial charge in [-0.1, -0.05) is 22.9 Å². The summed E-state index contributed by atoms with van der Waals surface area (Å²) in [5.41, 5.74) is 4.08. The summed E-state index contributed by atoms with van der Waals surface area (Å²) in [6, 6.07) is 13.7. The fourth-order valence-corrected chi connectivity index (χ4v) is 3.60. The third kappa shape index (κ3) is 3.50. The molecule has 6 nitrogen and oxygen atoms in total. The summed E-state index contributed by atoms with van der Waals surface area (Å²) in [7, 11) is 0. The number of nitrogens with zero attached hydrogens (tertiary/aromatic N) is 3. The predicted octanol–water partition coefficient (Wildman–Crippen LogP) is 4.27. The van der Waals surface area contributed by atoms with Crippen molar-refractivity contribution in [2.75, 3.05) is 18.1 Å². The fourth-order valence-electron chi connectivity index (χ4n) is 3.60. The second-order valence-electron chi connectivity index (χ2n) is 7.11. The smallest absolute Gasteiger partial charge is 0.232 e. The lowest BCUT2D eigenvalue weighted by molar-refractivity contribution is -0.117. The Balaban J connectivity index is 1.52. The van der Waals surface area contributed by atoms with Gasteiger partial charge in [-0.3, -0.25) is 4.79 Å². The molecular weight excluding hydrogens is 354 g/mol. The number of hydrogen-bond donors (Lipinski definition) is 0. The monoisotopic (exact) mass is 377 g/mol. The van der Waals surface area contributed by atoms with E-state index in [9.17, 15) is 4.79 Å². The first kappa shape index (κ1) is 18.2. The Bertz CT molecular complexity index is 995. The van der Waals surface area contributed by atoms with Gasteiger partial charge in [-0.05, 0) is 56.7 Å². The number of amides is 1. The van der Waals surface area contributed by atoms with Crippen molar-refractivity contribution in [3.63, 3.8) is 0 Å². The van der Waals surface area contributed by atoms with Crippen molar-refractivity contribution in [2.45, 2.75) is 33.1 Å². The van der Waals surface area contributed by atoms with Crippen LogP contribution in [0.4, 0.5) is 5.69 Å². The molecule has 1 aliphatic rings. The summed E-state index contributed by atoms with van der Waals surface area (Å²) in [4.78, 5) is 19.0. The number of anilines is 1. The topological polar surface area (TPSA) is 68.5 Å². The van der Waals surface area contributed by atoms with Crippen LogP contribution in [-0.2, 0) is 4.79 Å². The zero-order valence-electron chi connectivity index (χ0n) is 16.3. The predicted molar refractivity (Wildman–Crippen MR) is 107 cm³/mol. The van der Waals surface area contributed by atoms with E-state index in [1.54, 1.807) is 0 Å². The van der Waals surface area contributed by atoms with Gasteiger partial charge in [0.2, 0.25) is 17.6 Å². The minimum atomic E-state index is -0.0999. The first-order chi connectivity index (χ1) is 13.5. The lowest BCUT2D eigenvalue weighted by atomic mass is 10.1. The highest BCUT2D eigenvalue weighted by Gasteiger charge is 2.35. The number of ether oxygens (including phenoxy) is 1. The van der Waals surface area contributed by atoms with Gasteiger partial charge in [-0.2, -0.15) is 4.98 Å². The van der Waals surface area contributed by atoms with Gasteiger partial charge < -0.3 is 14.2 Å². The molecule has 2 heterocycles. The summed E-state index contributed by atoms with van der Waals surface area (Å²) in [6.07, 6.45) is 0.373. The number of aromatic nitrogens is 2. The summed E-state index contributed by atoms with van der Waals surface area (Å²) < 4.78 is 10.9. The molecule has 6 heteroatoms. The largest absolute Gasteiger partial charge is 0.494 e. The van der Waals surface area contributed by atoms with Gasteiger partial charge in [0.25, 0.3) is 0 Å². The zero-order chi connectivity index (χ0) is 19.7. The Morgan fingerprint density at radius 1 is 1.18 bits per heavy atom. The van der Waals surface area contributed by atoms with Crippen LogP contribution in [0.1, 0.15) is 36.3 Å². The van der Waals surface area contributed by atoms with Gasteiger partial charge in [0.05, 0.1) is 12.5 Å². The number of carbonyl (C=O) groups is 1. The molecule has 1 amide bonds. The maximum absolute atomic E-state index is 12.6. The molecular formula is C22H23N3O3. The molecule has 1 aliphatic heterocycles. The van der Waals surface area contributed by atoms with Crippen molar-refractivity contribution in [1.29, 1.82) is 0 Å². The first-order valence-corrected chi connectivity index (χ1v) is 9.49. The van der Waals surface area contributed by atoms with Gasteiger partial charge in [0, 0.05) is 24.2 Å². The Kier molecular flexibility index (Phi) is 4.86. The maximum atomic E-state index is 12.6. The van der Waals surface area contributed by atoms with Crippen molar-refractivity contribution in [3.8, 4) is 17.1 Å². The third-order valence-electron chi connectivity index (χ3n) is 4.98. The molecule has 1 saturated heterocycles. The summed E-state index contributed by atoms with van der Waals surface area (Å²) in [5, 5.41) is 4.10. The number of benzene rings is 2. The lowest BCUT2D eigenvalue weighted by Crippen LogP contribution is -2.25. The van der Waals surface area contributed by atoms with E-state index in [2.05, 4.69) is 16.2 Å². The Morgan fingerprint density at radius 2 is 1.96 bits per heavy atom. The highest BCUT2D eigenvalue weighted by atomic mass is 16.5. The molecule has 3 aromatic rings. The molecule has 1 unspecified atom stereocenters. The third-order valence-corrected chi connectivity index (χ3v) is 4.98. The fraction of sp³-hybridized carbons (Fsp3) is 0.318. The molecule has 4 rings (SSSR count). The van der Waals surface area contributed by atoms with E-state index in [4.69, 9.17) is 9.26 Å². The summed E-state index contributed by atoms with van der Waals surface area (Å²) >= 11 is 0. The van der Waals surface area contributed by atoms with Crippen LogP contribution in [0.2, 0.25) is 0 Å². The Labute approximate surface area is 164 Å². The zero-order valence-corrected chi connectivity index (χ0v) is 16.3. The van der Waals surface area contributed by atoms with Gasteiger partial charge in [0.15, 0.2) is 0 Å². The molecule has 1 atom stereocenters. The van der Waals surface area contributed by atoms with Crippen molar-refractivity contribution < 1.29 is 14.1 Å². The summed E-state index contributed by atoms with van der Waals surface area (Å²) in [6.45, 7) is 7.20. The SMILES string of the molecule is CCOc1ccc(-c2noc(C3CC(=O)N(c4ccc(C)cc4C)C3)n2)cc1. The van der Waals surface area contributed by atoms with Crippen LogP contribution in [0.25, 0.3) is 11.4 Å². The average Bonchev–Trinajstić information content (AvgIpc) is 3.30. The number of rotatable bonds is 5. The molecule has 0 radical (unpaired) electrons. The van der Waals surface area contributed by atoms with E-state index >= 15 is 0 Å². The quantitative estimate of drug-likeness (QED) is 0.664. The van der Waals surface area contributed by atoms with E-state index in [0.717, 1.165) is 22.6 Å². The van der Waals surface area contributed by atoms with E-state index in [1.807, 2.05) is 62.1 Å². The Hall–Kier alpha value is -3.15. The number of aryl methyl sites for hydroxylation is 2. The molecule has 0 saturated carbocycles. The second kappa shape index (κ2) is 7.46. The van der Waals surface area contributed by atoms with Crippen molar-refractivity contribution in [2.24, 2.45) is 0 Å². The van der Waals surface area contributed by atoms with Gasteiger partial charge in [0.1, 0.15) is 5.75 Å². The van der Waals surface area contributed by atoms with Gasteiger partial charge in [-0.25, -0.2) is 0 Å². The maximum Gasteiger partial charge on any atom is 0.232 e. The van der Waals surface area contributed by atoms with Crippen LogP contribution in [-0.4, -0.2) is 29.2 Å². The van der Waals surface area contributed by atoms with Crippen LogP contribution in [0.3, 0.4) is 0 Å². The van der Waals surface area contributed by atoms with E-state index < -0.39 is 0 Å². The van der Waals surface area contributed by atoms with Crippen molar-refractivity contribution in [3.05, 3.63) is 59.5 Å². The van der Waals surface area contributed by atoms with Crippen LogP contribution >= 0.6 is 0 Å². The van der Waals surface area contributed by atoms with Crippen molar-refractivity contribution in [1.82, 2.24) is 10.1 Å². The highest BCUT2D eigenvalue weighted by molar-refractivity contribution is 5.97. The van der Waals surface area contributed by atoms with Crippen LogP contribution in [0.5, 0.6) is 5.75 Å². The minimum Gasteiger partial charge on any atom is -0.494 e. The van der Waals surface area contributed by atoms with Gasteiger partial charge >= 0.3 is 0 Å². The van der Waals surface area contributed by atoms with E-state index in [0.29, 0.717) is 31.3 Å². The molecule has 144 valence electrons. The van der Waals surface area contributed by atoms with Crippen molar-refractivity contribution >= 4 is 11.6 Å². The van der Waals surface area contributed by atoms with Crippen LogP contribution in [0.15, 0.2) is 47.0 Å². The molecule has 0 aliphatic carbocycles. The highest BCUT2D eigenvalue weighted by Crippen LogP contribution is 2.33. The summed E-state index contributed by atoms with van der Waals surface area (Å²) in [5.74, 6) is 1.82. The number of carbonyl (C=O) groups excluding carboxylic acids is 1. The standard InChI is InChI=1S/C22H23N3O3/c1-4-27-18-8-6-16(7-9-18)21-23-22(28-24-21)17-12-20(26)25(13-17)19-10-5-14(2)11-15(19)3/h5-11,17H,4,12-13H2,1-3H3. The first-order valence-electron chi connectivity index (χ1n) is 9.49. The second-order valence-corrected chi connectivity index (χ2v) is 7.11. The molecule has 0 N–H and O–H groups in total. The number of hydrogen-bond acceptors (Lipinski definition) is 5. The van der Waals surface area contributed by atoms with E-state index in [-0.39, 0.29) is 11.8 Å². The molecule has 1 aromatic heterocycles. The Morgan fingerprint density at radius 3 is 2.68 bits per heavy atom. The molecule has 0 spiro atoms. The van der Waals surface area contributed by atoms with Gasteiger partial charge in [-0.15, -0.1) is 0 Å². The minimum absolute atomic E-state index is 0.0813. The molecule has 1 fully saturated rings. The van der Waals surface area contributed by atoms with Crippen LogP contribution < -0.4 is 9.64 Å².